The molecule has 0 radical (unpaired) electrons. The van der Waals surface area contributed by atoms with Crippen molar-refractivity contribution in [1.29, 1.82) is 0 Å². The van der Waals surface area contributed by atoms with Crippen molar-refractivity contribution in [2.45, 2.75) is 31.7 Å². The van der Waals surface area contributed by atoms with Crippen molar-refractivity contribution in [3.05, 3.63) is 63.9 Å². The Hall–Kier alpha value is -2.90. The van der Waals surface area contributed by atoms with Crippen molar-refractivity contribution >= 4 is 51.6 Å². The van der Waals surface area contributed by atoms with Gasteiger partial charge in [0.25, 0.3) is 5.91 Å². The number of halogens is 2. The van der Waals surface area contributed by atoms with Crippen molar-refractivity contribution in [3.8, 4) is 0 Å². The smallest absolute Gasteiger partial charge is 0.254 e. The van der Waals surface area contributed by atoms with Crippen molar-refractivity contribution < 1.29 is 4.79 Å². The lowest BCUT2D eigenvalue weighted by Gasteiger charge is -2.40. The molecule has 3 heterocycles. The zero-order chi connectivity index (χ0) is 22.7. The molecular weight excluding hydrogens is 459 g/mol. The lowest BCUT2D eigenvalue weighted by molar-refractivity contribution is 0.0673. The Morgan fingerprint density at radius 3 is 2.61 bits per heavy atom. The van der Waals surface area contributed by atoms with Crippen LogP contribution in [0.5, 0.6) is 0 Å². The number of aromatic nitrogens is 4. The van der Waals surface area contributed by atoms with Crippen LogP contribution in [-0.2, 0) is 0 Å². The van der Waals surface area contributed by atoms with Crippen LogP contribution < -0.4 is 4.90 Å². The number of carbonyl (C=O) groups is 1. The van der Waals surface area contributed by atoms with Crippen LogP contribution in [0.25, 0.3) is 16.6 Å². The Kier molecular flexibility index (Phi) is 4.92. The number of anilines is 1. The summed E-state index contributed by atoms with van der Waals surface area (Å²) in [4.78, 5) is 22.3. The molecule has 1 aliphatic carbocycles. The highest BCUT2D eigenvalue weighted by Crippen LogP contribution is 2.40. The number of fused-ring (bicyclic) bond motifs is 3. The summed E-state index contributed by atoms with van der Waals surface area (Å²) in [5, 5.41) is 10.9. The lowest BCUT2D eigenvalue weighted by Crippen LogP contribution is -2.54. The molecule has 0 spiro atoms. The highest BCUT2D eigenvalue weighted by Gasteiger charge is 2.34. The van der Waals surface area contributed by atoms with Gasteiger partial charge in [0, 0.05) is 42.5 Å². The Morgan fingerprint density at radius 1 is 1.03 bits per heavy atom. The molecule has 7 nitrogen and oxygen atoms in total. The number of hydrogen-bond donors (Lipinski definition) is 0. The van der Waals surface area contributed by atoms with Gasteiger partial charge in [0.15, 0.2) is 5.65 Å². The van der Waals surface area contributed by atoms with Crippen LogP contribution in [0.15, 0.2) is 42.5 Å². The summed E-state index contributed by atoms with van der Waals surface area (Å²) < 4.78 is 2.13. The van der Waals surface area contributed by atoms with E-state index in [4.69, 9.17) is 28.2 Å². The minimum absolute atomic E-state index is 0.00937. The number of amides is 1. The molecule has 1 amide bonds. The van der Waals surface area contributed by atoms with E-state index in [1.54, 1.807) is 18.2 Å². The Morgan fingerprint density at radius 2 is 1.85 bits per heavy atom. The molecule has 0 bridgehead atoms. The van der Waals surface area contributed by atoms with Crippen molar-refractivity contribution in [1.82, 2.24) is 24.5 Å². The number of nitrogens with zero attached hydrogens (tertiary/aromatic N) is 6. The van der Waals surface area contributed by atoms with Crippen molar-refractivity contribution in [2.75, 3.05) is 24.5 Å². The van der Waals surface area contributed by atoms with Crippen molar-refractivity contribution in [3.63, 3.8) is 0 Å². The van der Waals surface area contributed by atoms with E-state index in [2.05, 4.69) is 26.4 Å². The molecule has 1 unspecified atom stereocenters. The van der Waals surface area contributed by atoms with Crippen LogP contribution in [0.2, 0.25) is 10.0 Å². The average Bonchev–Trinajstić information content (AvgIpc) is 3.57. The molecule has 1 saturated heterocycles. The van der Waals surface area contributed by atoms with Crippen LogP contribution in [-0.4, -0.2) is 56.1 Å². The van der Waals surface area contributed by atoms with E-state index in [0.717, 1.165) is 41.2 Å². The summed E-state index contributed by atoms with van der Waals surface area (Å²) in [7, 11) is 0. The van der Waals surface area contributed by atoms with Crippen LogP contribution >= 0.6 is 23.2 Å². The predicted octanol–water partition coefficient (Wildman–Crippen LogP) is 4.81. The van der Waals surface area contributed by atoms with E-state index in [0.29, 0.717) is 41.2 Å². The molecule has 2 fully saturated rings. The summed E-state index contributed by atoms with van der Waals surface area (Å²) in [6, 6.07) is 13.1. The van der Waals surface area contributed by atoms with E-state index in [-0.39, 0.29) is 11.9 Å². The summed E-state index contributed by atoms with van der Waals surface area (Å²) >= 11 is 12.2. The third kappa shape index (κ3) is 3.50. The summed E-state index contributed by atoms with van der Waals surface area (Å²) in [6.07, 6.45) is 2.27. The summed E-state index contributed by atoms with van der Waals surface area (Å²) in [6.45, 7) is 3.97. The minimum atomic E-state index is -0.0414. The largest absolute Gasteiger partial charge is 0.338 e. The maximum absolute atomic E-state index is 13.2. The second-order valence-electron chi connectivity index (χ2n) is 8.84. The molecule has 6 rings (SSSR count). The number of piperazine rings is 1. The Labute approximate surface area is 200 Å². The molecular formula is C24H22Cl2N6O. The first-order valence-electron chi connectivity index (χ1n) is 11.2. The number of para-hydroxylation sites is 1. The van der Waals surface area contributed by atoms with Crippen molar-refractivity contribution in [2.24, 2.45) is 0 Å². The van der Waals surface area contributed by atoms with Gasteiger partial charge in [0.2, 0.25) is 5.95 Å². The van der Waals surface area contributed by atoms with Gasteiger partial charge in [-0.05, 0) is 50.1 Å². The first kappa shape index (κ1) is 20.7. The first-order valence-corrected chi connectivity index (χ1v) is 11.9. The third-order valence-corrected chi connectivity index (χ3v) is 7.27. The van der Waals surface area contributed by atoms with E-state index in [1.165, 1.54) is 0 Å². The zero-order valence-electron chi connectivity index (χ0n) is 18.1. The van der Waals surface area contributed by atoms with Gasteiger partial charge in [-0.2, -0.15) is 0 Å². The van der Waals surface area contributed by atoms with Gasteiger partial charge in [0.05, 0.1) is 15.6 Å². The third-order valence-electron chi connectivity index (χ3n) is 6.53. The standard InChI is InChI=1S/C24H22Cl2N6O/c1-14-13-30(10-11-31(14)23(33)16-8-9-18(25)19(26)12-16)24-27-20-5-3-2-4-17(20)22-29-28-21(32(22)24)15-6-7-15/h2-5,8-9,12,14-15H,6-7,10-11,13H2,1H3. The SMILES string of the molecule is CC1CN(c2nc3ccccc3c3nnc(C4CC4)n23)CCN1C(=O)c1ccc(Cl)c(Cl)c1. The van der Waals surface area contributed by atoms with Gasteiger partial charge in [-0.15, -0.1) is 10.2 Å². The highest BCUT2D eigenvalue weighted by molar-refractivity contribution is 6.42. The molecule has 2 aliphatic rings. The van der Waals surface area contributed by atoms with Gasteiger partial charge >= 0.3 is 0 Å². The molecule has 1 aliphatic heterocycles. The van der Waals surface area contributed by atoms with Gasteiger partial charge in [-0.25, -0.2) is 9.38 Å². The Balaban J connectivity index is 1.34. The zero-order valence-corrected chi connectivity index (χ0v) is 19.6. The molecule has 0 N–H and O–H groups in total. The number of carbonyl (C=O) groups excluding carboxylic acids is 1. The second-order valence-corrected chi connectivity index (χ2v) is 9.66. The van der Waals surface area contributed by atoms with Gasteiger partial charge in [-0.3, -0.25) is 4.79 Å². The predicted molar refractivity (Wildman–Crippen MR) is 129 cm³/mol. The normalized spacial score (nSPS) is 18.9. The van der Waals surface area contributed by atoms with E-state index < -0.39 is 0 Å². The average molecular weight is 481 g/mol. The molecule has 4 aromatic rings. The first-order chi connectivity index (χ1) is 16.0. The van der Waals surface area contributed by atoms with E-state index >= 15 is 0 Å². The maximum Gasteiger partial charge on any atom is 0.254 e. The van der Waals surface area contributed by atoms with Crippen LogP contribution in [0.1, 0.15) is 41.9 Å². The number of benzene rings is 2. The van der Waals surface area contributed by atoms with E-state index in [9.17, 15) is 4.79 Å². The van der Waals surface area contributed by atoms with Crippen LogP contribution in [0, 0.1) is 0 Å². The molecule has 33 heavy (non-hydrogen) atoms. The topological polar surface area (TPSA) is 66.6 Å². The van der Waals surface area contributed by atoms with Crippen LogP contribution in [0.4, 0.5) is 5.95 Å². The number of hydrogen-bond acceptors (Lipinski definition) is 5. The lowest BCUT2D eigenvalue weighted by atomic mass is 10.1. The molecule has 1 saturated carbocycles. The molecule has 1 atom stereocenters. The fourth-order valence-electron chi connectivity index (χ4n) is 4.64. The number of rotatable bonds is 3. The molecule has 2 aromatic carbocycles. The quantitative estimate of drug-likeness (QED) is 0.420. The monoisotopic (exact) mass is 480 g/mol. The fraction of sp³-hybridized carbons (Fsp3) is 0.333. The van der Waals surface area contributed by atoms with E-state index in [1.807, 2.05) is 29.2 Å². The van der Waals surface area contributed by atoms with Gasteiger partial charge < -0.3 is 9.80 Å². The molecule has 168 valence electrons. The summed E-state index contributed by atoms with van der Waals surface area (Å²) in [5.74, 6) is 2.24. The Bertz CT molecular complexity index is 1400. The minimum Gasteiger partial charge on any atom is -0.338 e. The molecule has 9 heteroatoms. The highest BCUT2D eigenvalue weighted by atomic mass is 35.5. The fourth-order valence-corrected chi connectivity index (χ4v) is 4.94. The van der Waals surface area contributed by atoms with Gasteiger partial charge in [0.1, 0.15) is 5.82 Å². The summed E-state index contributed by atoms with van der Waals surface area (Å²) in [5.41, 5.74) is 2.29. The second kappa shape index (κ2) is 7.85. The van der Waals surface area contributed by atoms with Gasteiger partial charge in [-0.1, -0.05) is 35.3 Å². The molecule has 2 aromatic heterocycles. The van der Waals surface area contributed by atoms with Crippen LogP contribution in [0.3, 0.4) is 0 Å². The maximum atomic E-state index is 13.2.